The smallest absolute Gasteiger partial charge is 0.240 e. The fraction of sp³-hybridized carbons (Fsp3) is 0.600. The number of rotatable bonds is 9. The van der Waals surface area contributed by atoms with Crippen LogP contribution in [-0.2, 0) is 14.4 Å². The lowest BCUT2D eigenvalue weighted by atomic mass is 10.1. The zero-order valence-electron chi connectivity index (χ0n) is 11.1. The SMILES string of the molecule is N=C(N)NCCC[C@H](NC(=O)CNC(=O)CN)C(N)=O. The van der Waals surface area contributed by atoms with Gasteiger partial charge in [0.1, 0.15) is 6.04 Å². The minimum Gasteiger partial charge on any atom is -0.370 e. The predicted octanol–water partition coefficient (Wildman–Crippen LogP) is -3.71. The van der Waals surface area contributed by atoms with Gasteiger partial charge in [-0.25, -0.2) is 0 Å². The van der Waals surface area contributed by atoms with Crippen molar-refractivity contribution >= 4 is 23.7 Å². The van der Waals surface area contributed by atoms with E-state index in [1.165, 1.54) is 0 Å². The van der Waals surface area contributed by atoms with Crippen molar-refractivity contribution in [3.05, 3.63) is 0 Å². The standard InChI is InChI=1S/C10H21N7O3/c11-4-7(18)16-5-8(19)17-6(9(12)20)2-1-3-15-10(13)14/h6H,1-5,11H2,(H2,12,20)(H,16,18)(H,17,19)(H4,13,14,15)/t6-/m0/s1. The molecule has 0 bridgehead atoms. The van der Waals surface area contributed by atoms with Crippen molar-refractivity contribution in [3.8, 4) is 0 Å². The molecule has 0 unspecified atom stereocenters. The van der Waals surface area contributed by atoms with E-state index in [2.05, 4.69) is 16.0 Å². The molecule has 3 amide bonds. The maximum Gasteiger partial charge on any atom is 0.240 e. The predicted molar refractivity (Wildman–Crippen MR) is 72.3 cm³/mol. The first-order valence-electron chi connectivity index (χ1n) is 6.00. The van der Waals surface area contributed by atoms with Crippen LogP contribution in [0.4, 0.5) is 0 Å². The summed E-state index contributed by atoms with van der Waals surface area (Å²) in [6, 6.07) is -0.842. The number of carbonyl (C=O) groups excluding carboxylic acids is 3. The van der Waals surface area contributed by atoms with Crippen LogP contribution in [0.25, 0.3) is 0 Å². The van der Waals surface area contributed by atoms with Gasteiger partial charge in [-0.3, -0.25) is 19.8 Å². The Labute approximate surface area is 116 Å². The molecule has 0 aromatic carbocycles. The monoisotopic (exact) mass is 287 g/mol. The highest BCUT2D eigenvalue weighted by molar-refractivity contribution is 5.89. The zero-order valence-corrected chi connectivity index (χ0v) is 11.1. The van der Waals surface area contributed by atoms with Gasteiger partial charge in [-0.05, 0) is 12.8 Å². The van der Waals surface area contributed by atoms with E-state index in [1.807, 2.05) is 0 Å². The van der Waals surface area contributed by atoms with Gasteiger partial charge >= 0.3 is 0 Å². The molecule has 20 heavy (non-hydrogen) atoms. The third kappa shape index (κ3) is 8.69. The number of nitrogens with one attached hydrogen (secondary N) is 4. The lowest BCUT2D eigenvalue weighted by Crippen LogP contribution is -2.48. The van der Waals surface area contributed by atoms with Gasteiger partial charge < -0.3 is 33.2 Å². The van der Waals surface area contributed by atoms with Crippen molar-refractivity contribution in [2.24, 2.45) is 17.2 Å². The van der Waals surface area contributed by atoms with Gasteiger partial charge in [-0.2, -0.15) is 0 Å². The third-order valence-electron chi connectivity index (χ3n) is 2.30. The average Bonchev–Trinajstić information content (AvgIpc) is 2.38. The van der Waals surface area contributed by atoms with Gasteiger partial charge in [0.15, 0.2) is 5.96 Å². The number of carbonyl (C=O) groups is 3. The van der Waals surface area contributed by atoms with Crippen LogP contribution in [0.5, 0.6) is 0 Å². The van der Waals surface area contributed by atoms with Crippen LogP contribution in [0, 0.1) is 5.41 Å². The Hall–Kier alpha value is -2.36. The molecule has 10 N–H and O–H groups in total. The Balaban J connectivity index is 4.06. The van der Waals surface area contributed by atoms with E-state index >= 15 is 0 Å². The molecule has 0 aromatic rings. The van der Waals surface area contributed by atoms with E-state index in [-0.39, 0.29) is 19.0 Å². The Morgan fingerprint density at radius 3 is 2.25 bits per heavy atom. The van der Waals surface area contributed by atoms with E-state index in [0.29, 0.717) is 19.4 Å². The van der Waals surface area contributed by atoms with Gasteiger partial charge in [0.05, 0.1) is 13.1 Å². The second kappa shape index (κ2) is 9.55. The summed E-state index contributed by atoms with van der Waals surface area (Å²) in [5.74, 6) is -1.85. The Morgan fingerprint density at radius 2 is 1.75 bits per heavy atom. The minimum absolute atomic E-state index is 0.172. The van der Waals surface area contributed by atoms with Gasteiger partial charge in [0, 0.05) is 6.54 Å². The maximum atomic E-state index is 11.5. The van der Waals surface area contributed by atoms with Gasteiger partial charge in [-0.15, -0.1) is 0 Å². The van der Waals surface area contributed by atoms with Gasteiger partial charge in [-0.1, -0.05) is 0 Å². The van der Waals surface area contributed by atoms with E-state index in [1.54, 1.807) is 0 Å². The fourth-order valence-electron chi connectivity index (χ4n) is 1.31. The summed E-state index contributed by atoms with van der Waals surface area (Å²) in [7, 11) is 0. The fourth-order valence-corrected chi connectivity index (χ4v) is 1.31. The van der Waals surface area contributed by atoms with Crippen molar-refractivity contribution < 1.29 is 14.4 Å². The summed E-state index contributed by atoms with van der Waals surface area (Å²) in [4.78, 5) is 33.5. The highest BCUT2D eigenvalue weighted by Gasteiger charge is 2.17. The quantitative estimate of drug-likeness (QED) is 0.130. The molecule has 0 spiro atoms. The number of nitrogens with two attached hydrogens (primary N) is 3. The van der Waals surface area contributed by atoms with Crippen molar-refractivity contribution in [2.75, 3.05) is 19.6 Å². The highest BCUT2D eigenvalue weighted by atomic mass is 16.2. The number of hydrogen-bond acceptors (Lipinski definition) is 5. The largest absolute Gasteiger partial charge is 0.370 e. The second-order valence-electron chi connectivity index (χ2n) is 3.99. The topological polar surface area (TPSA) is 189 Å². The second-order valence-corrected chi connectivity index (χ2v) is 3.99. The summed E-state index contributed by atoms with van der Waals surface area (Å²) in [5, 5.41) is 14.2. The van der Waals surface area contributed by atoms with Gasteiger partial charge in [0.2, 0.25) is 17.7 Å². The first-order chi connectivity index (χ1) is 9.36. The molecule has 0 saturated carbocycles. The molecule has 0 aliphatic rings. The number of guanidine groups is 1. The summed E-state index contributed by atoms with van der Waals surface area (Å²) < 4.78 is 0. The zero-order chi connectivity index (χ0) is 15.5. The van der Waals surface area contributed by atoms with Crippen LogP contribution in [0.3, 0.4) is 0 Å². The number of primary amides is 1. The van der Waals surface area contributed by atoms with Crippen LogP contribution in [0.15, 0.2) is 0 Å². The molecule has 0 aromatic heterocycles. The molecular formula is C10H21N7O3. The first-order valence-corrected chi connectivity index (χ1v) is 6.00. The molecule has 0 aliphatic heterocycles. The molecule has 10 heteroatoms. The van der Waals surface area contributed by atoms with E-state index in [4.69, 9.17) is 22.6 Å². The first kappa shape index (κ1) is 17.6. The molecule has 0 fully saturated rings. The normalized spacial score (nSPS) is 11.2. The Morgan fingerprint density at radius 1 is 1.10 bits per heavy atom. The van der Waals surface area contributed by atoms with Crippen molar-refractivity contribution in [1.29, 1.82) is 5.41 Å². The minimum atomic E-state index is -0.842. The van der Waals surface area contributed by atoms with Crippen molar-refractivity contribution in [1.82, 2.24) is 16.0 Å². The Kier molecular flexibility index (Phi) is 8.43. The summed E-state index contributed by atoms with van der Waals surface area (Å²) >= 11 is 0. The lowest BCUT2D eigenvalue weighted by Gasteiger charge is -2.15. The van der Waals surface area contributed by atoms with Crippen LogP contribution in [0.2, 0.25) is 0 Å². The Bertz CT molecular complexity index is 372. The molecule has 0 heterocycles. The lowest BCUT2D eigenvalue weighted by molar-refractivity contribution is -0.128. The third-order valence-corrected chi connectivity index (χ3v) is 2.30. The maximum absolute atomic E-state index is 11.5. The van der Waals surface area contributed by atoms with Crippen LogP contribution < -0.4 is 33.2 Å². The molecule has 1 atom stereocenters. The van der Waals surface area contributed by atoms with E-state index in [0.717, 1.165) is 0 Å². The number of hydrogen-bond donors (Lipinski definition) is 7. The molecule has 0 saturated heterocycles. The molecule has 114 valence electrons. The molecule has 10 nitrogen and oxygen atoms in total. The summed E-state index contributed by atoms with van der Waals surface area (Å²) in [6.07, 6.45) is 0.787. The molecular weight excluding hydrogens is 266 g/mol. The molecule has 0 rings (SSSR count). The highest BCUT2D eigenvalue weighted by Crippen LogP contribution is 1.95. The van der Waals surface area contributed by atoms with E-state index < -0.39 is 23.8 Å². The van der Waals surface area contributed by atoms with Crippen LogP contribution >= 0.6 is 0 Å². The van der Waals surface area contributed by atoms with E-state index in [9.17, 15) is 14.4 Å². The van der Waals surface area contributed by atoms with Crippen LogP contribution in [0.1, 0.15) is 12.8 Å². The molecule has 0 radical (unpaired) electrons. The summed E-state index contributed by atoms with van der Waals surface area (Å²) in [6.45, 7) is -0.104. The van der Waals surface area contributed by atoms with Gasteiger partial charge in [0.25, 0.3) is 0 Å². The number of amides is 3. The van der Waals surface area contributed by atoms with Crippen LogP contribution in [-0.4, -0.2) is 49.4 Å². The summed E-state index contributed by atoms with van der Waals surface area (Å²) in [5.41, 5.74) is 15.3. The molecule has 0 aliphatic carbocycles. The average molecular weight is 287 g/mol. The van der Waals surface area contributed by atoms with Crippen molar-refractivity contribution in [3.63, 3.8) is 0 Å². The van der Waals surface area contributed by atoms with Crippen molar-refractivity contribution in [2.45, 2.75) is 18.9 Å².